The summed E-state index contributed by atoms with van der Waals surface area (Å²) in [4.78, 5) is 26.8. The van der Waals surface area contributed by atoms with Crippen LogP contribution < -0.4 is 9.64 Å². The van der Waals surface area contributed by atoms with Crippen molar-refractivity contribution in [3.63, 3.8) is 0 Å². The number of carbonyl (C=O) groups is 2. The number of hydrogen-bond donors (Lipinski definition) is 0. The second-order valence-electron chi connectivity index (χ2n) is 6.59. The molecular formula is C24H15ClN2O3S. The summed E-state index contributed by atoms with van der Waals surface area (Å²) in [6.07, 6.45) is 1.65. The number of thioether (sulfide) groups is 1. The molecular weight excluding hydrogens is 432 g/mol. The van der Waals surface area contributed by atoms with E-state index in [0.29, 0.717) is 32.5 Å². The highest BCUT2D eigenvalue weighted by molar-refractivity contribution is 8.19. The van der Waals surface area contributed by atoms with E-state index in [1.54, 1.807) is 48.5 Å². The number of amides is 2. The molecule has 0 bridgehead atoms. The first-order valence-electron chi connectivity index (χ1n) is 9.30. The smallest absolute Gasteiger partial charge is 0.298 e. The van der Waals surface area contributed by atoms with Crippen molar-refractivity contribution in [2.45, 2.75) is 6.61 Å². The Bertz CT molecular complexity index is 1230. The van der Waals surface area contributed by atoms with Crippen LogP contribution in [0, 0.1) is 11.3 Å². The molecule has 2 amide bonds. The van der Waals surface area contributed by atoms with Crippen molar-refractivity contribution < 1.29 is 14.3 Å². The molecule has 1 saturated heterocycles. The summed E-state index contributed by atoms with van der Waals surface area (Å²) in [6.45, 7) is 0.209. The van der Waals surface area contributed by atoms with E-state index >= 15 is 0 Å². The summed E-state index contributed by atoms with van der Waals surface area (Å²) in [5.74, 6) is 0.149. The predicted molar refractivity (Wildman–Crippen MR) is 122 cm³/mol. The third-order valence-corrected chi connectivity index (χ3v) is 5.73. The molecule has 0 aromatic heterocycles. The summed E-state index contributed by atoms with van der Waals surface area (Å²) in [5.41, 5.74) is 2.44. The van der Waals surface area contributed by atoms with Gasteiger partial charge in [-0.2, -0.15) is 5.26 Å². The number of hydrogen-bond acceptors (Lipinski definition) is 5. The van der Waals surface area contributed by atoms with Crippen LogP contribution in [0.4, 0.5) is 10.5 Å². The monoisotopic (exact) mass is 446 g/mol. The van der Waals surface area contributed by atoms with E-state index in [4.69, 9.17) is 16.3 Å². The quantitative estimate of drug-likeness (QED) is 0.447. The van der Waals surface area contributed by atoms with Crippen LogP contribution in [-0.4, -0.2) is 11.1 Å². The first-order chi connectivity index (χ1) is 15.1. The summed E-state index contributed by atoms with van der Waals surface area (Å²) < 4.78 is 5.93. The zero-order valence-corrected chi connectivity index (χ0v) is 17.7. The molecule has 1 aliphatic heterocycles. The number of nitrogens with zero attached hydrogens (tertiary/aromatic N) is 2. The molecule has 152 valence electrons. The van der Waals surface area contributed by atoms with Crippen molar-refractivity contribution >= 4 is 46.3 Å². The van der Waals surface area contributed by atoms with Crippen LogP contribution in [0.25, 0.3) is 6.08 Å². The van der Waals surface area contributed by atoms with Crippen molar-refractivity contribution in [1.82, 2.24) is 0 Å². The van der Waals surface area contributed by atoms with Gasteiger partial charge in [0.15, 0.2) is 0 Å². The standard InChI is InChI=1S/C24H15ClN2O3S/c25-19-9-11-20(12-10-19)27-23(28)22(31-24(27)29)13-16-5-3-4-8-21(16)30-15-18-7-2-1-6-17(18)14-26/h1-13H,15H2/b22-13-. The molecule has 5 nitrogen and oxygen atoms in total. The molecule has 1 heterocycles. The number of carbonyl (C=O) groups excluding carboxylic acids is 2. The fraction of sp³-hybridized carbons (Fsp3) is 0.0417. The van der Waals surface area contributed by atoms with Gasteiger partial charge >= 0.3 is 0 Å². The van der Waals surface area contributed by atoms with Gasteiger partial charge in [-0.15, -0.1) is 0 Å². The van der Waals surface area contributed by atoms with Gasteiger partial charge in [-0.1, -0.05) is 48.0 Å². The van der Waals surface area contributed by atoms with Gasteiger partial charge in [0.2, 0.25) is 0 Å². The molecule has 4 rings (SSSR count). The average Bonchev–Trinajstić information content (AvgIpc) is 3.07. The molecule has 3 aromatic carbocycles. The second kappa shape index (κ2) is 9.09. The summed E-state index contributed by atoms with van der Waals surface area (Å²) in [6, 6.07) is 23.1. The molecule has 0 N–H and O–H groups in total. The SMILES string of the molecule is N#Cc1ccccc1COc1ccccc1/C=C1\SC(=O)N(c2ccc(Cl)cc2)C1=O. The van der Waals surface area contributed by atoms with Crippen LogP contribution in [0.2, 0.25) is 5.02 Å². The lowest BCUT2D eigenvalue weighted by Crippen LogP contribution is -2.27. The lowest BCUT2D eigenvalue weighted by Gasteiger charge is -2.12. The first-order valence-corrected chi connectivity index (χ1v) is 10.5. The largest absolute Gasteiger partial charge is 0.488 e. The number of ether oxygens (including phenoxy) is 1. The van der Waals surface area contributed by atoms with E-state index < -0.39 is 5.91 Å². The molecule has 0 unspecified atom stereocenters. The van der Waals surface area contributed by atoms with Gasteiger partial charge in [0.25, 0.3) is 11.1 Å². The minimum atomic E-state index is -0.401. The molecule has 1 fully saturated rings. The van der Waals surface area contributed by atoms with Crippen molar-refractivity contribution in [1.29, 1.82) is 5.26 Å². The maximum atomic E-state index is 12.9. The van der Waals surface area contributed by atoms with Crippen molar-refractivity contribution in [2.24, 2.45) is 0 Å². The molecule has 1 aliphatic rings. The summed E-state index contributed by atoms with van der Waals surface area (Å²) in [5, 5.41) is 9.40. The van der Waals surface area contributed by atoms with Crippen LogP contribution in [0.5, 0.6) is 5.75 Å². The van der Waals surface area contributed by atoms with E-state index in [2.05, 4.69) is 6.07 Å². The third-order valence-electron chi connectivity index (χ3n) is 4.61. The van der Waals surface area contributed by atoms with Crippen LogP contribution in [-0.2, 0) is 11.4 Å². The number of rotatable bonds is 5. The van der Waals surface area contributed by atoms with Gasteiger partial charge in [-0.05, 0) is 54.2 Å². The molecule has 0 radical (unpaired) electrons. The maximum Gasteiger partial charge on any atom is 0.298 e. The van der Waals surface area contributed by atoms with Crippen LogP contribution in [0.1, 0.15) is 16.7 Å². The summed E-state index contributed by atoms with van der Waals surface area (Å²) >= 11 is 6.77. The maximum absolute atomic E-state index is 12.9. The summed E-state index contributed by atoms with van der Waals surface area (Å²) in [7, 11) is 0. The van der Waals surface area contributed by atoms with Crippen molar-refractivity contribution in [3.8, 4) is 11.8 Å². The highest BCUT2D eigenvalue weighted by atomic mass is 35.5. The van der Waals surface area contributed by atoms with E-state index in [1.807, 2.05) is 30.3 Å². The Morgan fingerprint density at radius 2 is 1.71 bits per heavy atom. The molecule has 31 heavy (non-hydrogen) atoms. The molecule has 3 aromatic rings. The second-order valence-corrected chi connectivity index (χ2v) is 8.02. The Kier molecular flexibility index (Phi) is 6.08. The van der Waals surface area contributed by atoms with E-state index in [0.717, 1.165) is 22.2 Å². The molecule has 0 aliphatic carbocycles. The van der Waals surface area contributed by atoms with Gasteiger partial charge in [0.1, 0.15) is 12.4 Å². The van der Waals surface area contributed by atoms with Crippen molar-refractivity contribution in [2.75, 3.05) is 4.90 Å². The zero-order chi connectivity index (χ0) is 21.8. The average molecular weight is 447 g/mol. The molecule has 0 spiro atoms. The fourth-order valence-corrected chi connectivity index (χ4v) is 4.02. The highest BCUT2D eigenvalue weighted by Gasteiger charge is 2.36. The first kappa shape index (κ1) is 20.7. The van der Waals surface area contributed by atoms with Crippen molar-refractivity contribution in [3.05, 3.63) is 99.4 Å². The Hall–Kier alpha value is -3.53. The van der Waals surface area contributed by atoms with E-state index in [9.17, 15) is 14.9 Å². The Morgan fingerprint density at radius 1 is 1.00 bits per heavy atom. The molecule has 0 saturated carbocycles. The molecule has 7 heteroatoms. The Labute approximate surface area is 188 Å². The Morgan fingerprint density at radius 3 is 2.48 bits per heavy atom. The van der Waals surface area contributed by atoms with Crippen LogP contribution >= 0.6 is 23.4 Å². The lowest BCUT2D eigenvalue weighted by molar-refractivity contribution is -0.113. The number of halogens is 1. The number of nitriles is 1. The van der Waals surface area contributed by atoms with Crippen LogP contribution in [0.15, 0.2) is 77.7 Å². The van der Waals surface area contributed by atoms with Gasteiger partial charge in [0, 0.05) is 16.1 Å². The van der Waals surface area contributed by atoms with Crippen LogP contribution in [0.3, 0.4) is 0 Å². The molecule has 0 atom stereocenters. The predicted octanol–water partition coefficient (Wildman–Crippen LogP) is 6.03. The number of para-hydroxylation sites is 1. The van der Waals surface area contributed by atoms with E-state index in [-0.39, 0.29) is 11.8 Å². The third kappa shape index (κ3) is 4.48. The fourth-order valence-electron chi connectivity index (χ4n) is 3.06. The Balaban J connectivity index is 1.58. The zero-order valence-electron chi connectivity index (χ0n) is 16.1. The minimum absolute atomic E-state index is 0.209. The lowest BCUT2D eigenvalue weighted by atomic mass is 10.1. The number of anilines is 1. The number of imide groups is 1. The topological polar surface area (TPSA) is 70.4 Å². The van der Waals surface area contributed by atoms with Gasteiger partial charge in [0.05, 0.1) is 22.2 Å². The number of benzene rings is 3. The van der Waals surface area contributed by atoms with Gasteiger partial charge in [-0.3, -0.25) is 9.59 Å². The minimum Gasteiger partial charge on any atom is -0.488 e. The normalized spacial score (nSPS) is 14.7. The van der Waals surface area contributed by atoms with Gasteiger partial charge in [-0.25, -0.2) is 4.90 Å². The highest BCUT2D eigenvalue weighted by Crippen LogP contribution is 2.37. The van der Waals surface area contributed by atoms with Gasteiger partial charge < -0.3 is 4.74 Å². The van der Waals surface area contributed by atoms with E-state index in [1.165, 1.54) is 0 Å².